The van der Waals surface area contributed by atoms with Gasteiger partial charge < -0.3 is 11.1 Å². The number of hydrogen-bond donors (Lipinski definition) is 4. The fourth-order valence-corrected chi connectivity index (χ4v) is 2.33. The van der Waals surface area contributed by atoms with Gasteiger partial charge in [-0.05, 0) is 24.3 Å². The molecule has 6 nitrogen and oxygen atoms in total. The Kier molecular flexibility index (Phi) is 3.88. The Morgan fingerprint density at radius 1 is 1.13 bits per heavy atom. The summed E-state index contributed by atoms with van der Waals surface area (Å²) in [5, 5.41) is 13.6. The number of nitrogen functional groups attached to an aromatic ring is 1. The van der Waals surface area contributed by atoms with Crippen LogP contribution in [0.1, 0.15) is 0 Å². The molecule has 0 aliphatic rings. The van der Waals surface area contributed by atoms with Crippen LogP contribution >= 0.6 is 0 Å². The predicted molar refractivity (Wildman–Crippen MR) is 92.1 cm³/mol. The molecule has 114 valence electrons. The molecule has 23 heavy (non-hydrogen) atoms. The third-order valence-corrected chi connectivity index (χ3v) is 3.37. The van der Waals surface area contributed by atoms with Crippen molar-refractivity contribution in [1.29, 1.82) is 5.41 Å². The van der Waals surface area contributed by atoms with Gasteiger partial charge in [0, 0.05) is 16.6 Å². The van der Waals surface area contributed by atoms with Crippen LogP contribution in [-0.2, 0) is 4.79 Å². The van der Waals surface area contributed by atoms with Gasteiger partial charge in [-0.3, -0.25) is 15.5 Å². The number of carbonyl (C=O) groups excluding carboxylic acids is 1. The van der Waals surface area contributed by atoms with E-state index in [1.807, 2.05) is 42.5 Å². The average Bonchev–Trinajstić information content (AvgIpc) is 2.56. The summed E-state index contributed by atoms with van der Waals surface area (Å²) in [6.45, 7) is 0. The minimum Gasteiger partial charge on any atom is -0.399 e. The van der Waals surface area contributed by atoms with E-state index in [0.717, 1.165) is 22.2 Å². The number of fused-ring (bicyclic) bond motifs is 1. The molecule has 0 spiro atoms. The van der Waals surface area contributed by atoms with Crippen molar-refractivity contribution in [2.75, 3.05) is 11.1 Å². The van der Waals surface area contributed by atoms with Gasteiger partial charge in [-0.1, -0.05) is 30.3 Å². The molecule has 0 saturated heterocycles. The summed E-state index contributed by atoms with van der Waals surface area (Å²) in [5.74, 6) is -0.117. The minimum atomic E-state index is -0.117. The van der Waals surface area contributed by atoms with Crippen molar-refractivity contribution in [3.05, 3.63) is 54.6 Å². The van der Waals surface area contributed by atoms with Gasteiger partial charge in [-0.15, -0.1) is 0 Å². The van der Waals surface area contributed by atoms with Crippen molar-refractivity contribution in [2.45, 2.75) is 0 Å². The fraction of sp³-hybridized carbons (Fsp3) is 0. The maximum absolute atomic E-state index is 10.5. The smallest absolute Gasteiger partial charge is 0.213 e. The number of anilines is 2. The van der Waals surface area contributed by atoms with Crippen LogP contribution in [0, 0.1) is 5.41 Å². The molecule has 0 aliphatic carbocycles. The largest absolute Gasteiger partial charge is 0.399 e. The van der Waals surface area contributed by atoms with E-state index in [2.05, 4.69) is 15.6 Å². The number of hydrogen-bond acceptors (Lipinski definition) is 4. The Balaban J connectivity index is 2.15. The van der Waals surface area contributed by atoms with Gasteiger partial charge in [0.15, 0.2) is 5.96 Å². The molecule has 0 aliphatic heterocycles. The van der Waals surface area contributed by atoms with E-state index in [1.54, 1.807) is 12.1 Å². The highest BCUT2D eigenvalue weighted by atomic mass is 16.1. The van der Waals surface area contributed by atoms with Crippen LogP contribution in [0.5, 0.6) is 0 Å². The molecular weight excluding hydrogens is 290 g/mol. The molecule has 0 saturated carbocycles. The minimum absolute atomic E-state index is 0.117. The Morgan fingerprint density at radius 2 is 1.91 bits per heavy atom. The Bertz CT molecular complexity index is 877. The topological polar surface area (TPSA) is 104 Å². The molecule has 6 heteroatoms. The molecule has 1 heterocycles. The van der Waals surface area contributed by atoms with E-state index in [1.165, 1.54) is 0 Å². The van der Waals surface area contributed by atoms with Crippen molar-refractivity contribution < 1.29 is 4.79 Å². The molecule has 0 atom stereocenters. The number of nitrogens with one attached hydrogen (secondary N) is 3. The van der Waals surface area contributed by atoms with Gasteiger partial charge in [0.2, 0.25) is 6.41 Å². The van der Waals surface area contributed by atoms with Crippen molar-refractivity contribution in [3.63, 3.8) is 0 Å². The first-order chi connectivity index (χ1) is 11.2. The molecule has 1 amide bonds. The Hall–Kier alpha value is -3.41. The van der Waals surface area contributed by atoms with E-state index in [0.29, 0.717) is 17.8 Å². The number of pyridine rings is 1. The third-order valence-electron chi connectivity index (χ3n) is 3.37. The first-order valence-electron chi connectivity index (χ1n) is 6.99. The fourth-order valence-electron chi connectivity index (χ4n) is 2.33. The summed E-state index contributed by atoms with van der Waals surface area (Å²) in [6, 6.07) is 17.0. The predicted octanol–water partition coefficient (Wildman–Crippen LogP) is 2.58. The van der Waals surface area contributed by atoms with E-state index >= 15 is 0 Å². The van der Waals surface area contributed by atoms with Crippen molar-refractivity contribution in [1.82, 2.24) is 10.3 Å². The summed E-state index contributed by atoms with van der Waals surface area (Å²) in [7, 11) is 0. The van der Waals surface area contributed by atoms with Gasteiger partial charge in [-0.2, -0.15) is 0 Å². The summed E-state index contributed by atoms with van der Waals surface area (Å²) in [5.41, 5.74) is 9.59. The van der Waals surface area contributed by atoms with Crippen LogP contribution in [-0.4, -0.2) is 17.4 Å². The number of benzene rings is 2. The Morgan fingerprint density at radius 3 is 2.65 bits per heavy atom. The molecule has 0 unspecified atom stereocenters. The summed E-state index contributed by atoms with van der Waals surface area (Å²) >= 11 is 0. The lowest BCUT2D eigenvalue weighted by atomic mass is 10.1. The van der Waals surface area contributed by atoms with E-state index in [4.69, 9.17) is 11.1 Å². The lowest BCUT2D eigenvalue weighted by Crippen LogP contribution is -2.28. The zero-order valence-electron chi connectivity index (χ0n) is 12.2. The van der Waals surface area contributed by atoms with Crippen LogP contribution in [0.2, 0.25) is 0 Å². The SMILES string of the molecule is N=C(NC=O)Nc1cc(-c2ccccc2)nc2ccc(N)cc12. The number of amides is 1. The Labute approximate surface area is 132 Å². The first-order valence-corrected chi connectivity index (χ1v) is 6.99. The quantitative estimate of drug-likeness (QED) is 0.258. The van der Waals surface area contributed by atoms with Gasteiger partial charge in [0.25, 0.3) is 0 Å². The van der Waals surface area contributed by atoms with Gasteiger partial charge in [0.05, 0.1) is 16.9 Å². The van der Waals surface area contributed by atoms with Crippen molar-refractivity contribution >= 4 is 34.6 Å². The first kappa shape index (κ1) is 14.5. The summed E-state index contributed by atoms with van der Waals surface area (Å²) in [4.78, 5) is 15.1. The van der Waals surface area contributed by atoms with Crippen LogP contribution in [0.4, 0.5) is 11.4 Å². The van der Waals surface area contributed by atoms with Crippen LogP contribution in [0.15, 0.2) is 54.6 Å². The number of aromatic nitrogens is 1. The number of nitrogens with zero attached hydrogens (tertiary/aromatic N) is 1. The van der Waals surface area contributed by atoms with E-state index in [9.17, 15) is 4.79 Å². The van der Waals surface area contributed by atoms with Crippen LogP contribution < -0.4 is 16.4 Å². The zero-order chi connectivity index (χ0) is 16.2. The average molecular weight is 305 g/mol. The molecule has 0 fully saturated rings. The molecule has 5 N–H and O–H groups in total. The lowest BCUT2D eigenvalue weighted by molar-refractivity contribution is -0.108. The van der Waals surface area contributed by atoms with E-state index < -0.39 is 0 Å². The molecule has 0 radical (unpaired) electrons. The number of guanidine groups is 1. The standard InChI is InChI=1S/C17H15N5O/c18-12-6-7-14-13(8-12)16(22-17(19)20-10-23)9-15(21-14)11-4-2-1-3-5-11/h1-10H,18H2,(H3,19,20,21,22,23). The number of nitrogens with two attached hydrogens (primary N) is 1. The van der Waals surface area contributed by atoms with Crippen LogP contribution in [0.3, 0.4) is 0 Å². The second-order valence-electron chi connectivity index (χ2n) is 4.96. The van der Waals surface area contributed by atoms with Crippen molar-refractivity contribution in [2.24, 2.45) is 0 Å². The van der Waals surface area contributed by atoms with Gasteiger partial charge in [-0.25, -0.2) is 4.98 Å². The zero-order valence-corrected chi connectivity index (χ0v) is 12.2. The molecular formula is C17H15N5O. The highest BCUT2D eigenvalue weighted by molar-refractivity contribution is 6.05. The highest BCUT2D eigenvalue weighted by Gasteiger charge is 2.09. The number of rotatable bonds is 3. The van der Waals surface area contributed by atoms with Gasteiger partial charge >= 0.3 is 0 Å². The maximum Gasteiger partial charge on any atom is 0.213 e. The number of carbonyl (C=O) groups is 1. The monoisotopic (exact) mass is 305 g/mol. The van der Waals surface area contributed by atoms with Crippen molar-refractivity contribution in [3.8, 4) is 11.3 Å². The summed E-state index contributed by atoms with van der Waals surface area (Å²) in [6.07, 6.45) is 0.450. The second-order valence-corrected chi connectivity index (χ2v) is 4.96. The third kappa shape index (κ3) is 3.11. The second kappa shape index (κ2) is 6.15. The summed E-state index contributed by atoms with van der Waals surface area (Å²) < 4.78 is 0. The molecule has 3 aromatic rings. The van der Waals surface area contributed by atoms with Crippen LogP contribution in [0.25, 0.3) is 22.2 Å². The highest BCUT2D eigenvalue weighted by Crippen LogP contribution is 2.29. The molecule has 2 aromatic carbocycles. The molecule has 0 bridgehead atoms. The normalized spacial score (nSPS) is 10.3. The molecule has 1 aromatic heterocycles. The lowest BCUT2D eigenvalue weighted by Gasteiger charge is -2.12. The maximum atomic E-state index is 10.5. The van der Waals surface area contributed by atoms with E-state index in [-0.39, 0.29) is 5.96 Å². The molecule has 3 rings (SSSR count). The van der Waals surface area contributed by atoms with Gasteiger partial charge in [0.1, 0.15) is 0 Å².